The van der Waals surface area contributed by atoms with Gasteiger partial charge in [-0.1, -0.05) is 11.3 Å². The van der Waals surface area contributed by atoms with E-state index in [1.165, 1.54) is 18.3 Å². The van der Waals surface area contributed by atoms with Crippen LogP contribution in [0.3, 0.4) is 0 Å². The van der Waals surface area contributed by atoms with Crippen LogP contribution in [-0.2, 0) is 6.54 Å². The first-order chi connectivity index (χ1) is 10.0. The molecule has 0 atom stereocenters. The summed E-state index contributed by atoms with van der Waals surface area (Å²) in [5, 5.41) is 34.9. The van der Waals surface area contributed by atoms with Crippen LogP contribution in [0.15, 0.2) is 24.4 Å². The van der Waals surface area contributed by atoms with Crippen LogP contribution in [0.1, 0.15) is 22.1 Å². The van der Waals surface area contributed by atoms with Gasteiger partial charge in [0.15, 0.2) is 17.2 Å². The zero-order chi connectivity index (χ0) is 15.0. The highest BCUT2D eigenvalue weighted by Gasteiger charge is 2.29. The maximum absolute atomic E-state index is 10.7. The van der Waals surface area contributed by atoms with Gasteiger partial charge >= 0.3 is 5.97 Å². The van der Waals surface area contributed by atoms with E-state index < -0.39 is 5.97 Å². The Kier molecular flexibility index (Phi) is 3.22. The maximum atomic E-state index is 10.7. The molecule has 21 heavy (non-hydrogen) atoms. The Labute approximate surface area is 119 Å². The molecule has 1 aromatic carbocycles. The Balaban J connectivity index is 1.57. The van der Waals surface area contributed by atoms with Crippen molar-refractivity contribution < 1.29 is 20.1 Å². The van der Waals surface area contributed by atoms with Gasteiger partial charge in [-0.3, -0.25) is 4.90 Å². The number of hydrogen-bond acceptors (Lipinski definition) is 6. The van der Waals surface area contributed by atoms with Crippen LogP contribution in [0, 0.1) is 0 Å². The smallest absolute Gasteiger partial charge is 0.358 e. The Hall–Kier alpha value is -2.61. The molecule has 1 aliphatic rings. The van der Waals surface area contributed by atoms with Crippen LogP contribution in [-0.4, -0.2) is 54.3 Å². The average Bonchev–Trinajstić information content (AvgIpc) is 2.87. The largest absolute Gasteiger partial charge is 0.504 e. The molecule has 0 amide bonds. The summed E-state index contributed by atoms with van der Waals surface area (Å²) in [5.74, 6) is -1.35. The highest BCUT2D eigenvalue weighted by atomic mass is 16.4. The number of phenolic OH excluding ortho intramolecular Hbond substituents is 2. The lowest BCUT2D eigenvalue weighted by Crippen LogP contribution is -2.47. The Morgan fingerprint density at radius 1 is 1.29 bits per heavy atom. The molecule has 1 aliphatic heterocycles. The second kappa shape index (κ2) is 5.06. The zero-order valence-corrected chi connectivity index (χ0v) is 11.0. The van der Waals surface area contributed by atoms with Crippen molar-refractivity contribution in [1.82, 2.24) is 19.9 Å². The monoisotopic (exact) mass is 290 g/mol. The number of likely N-dealkylation sites (tertiary alicyclic amines) is 1. The predicted molar refractivity (Wildman–Crippen MR) is 71.1 cm³/mol. The summed E-state index contributed by atoms with van der Waals surface area (Å²) in [6, 6.07) is 4.84. The zero-order valence-electron chi connectivity index (χ0n) is 11.0. The number of aromatic nitrogens is 3. The summed E-state index contributed by atoms with van der Waals surface area (Å²) in [6.45, 7) is 2.10. The quantitative estimate of drug-likeness (QED) is 0.701. The van der Waals surface area contributed by atoms with Crippen molar-refractivity contribution in [1.29, 1.82) is 0 Å². The first-order valence-electron chi connectivity index (χ1n) is 6.41. The normalized spacial score (nSPS) is 15.8. The third-order valence-corrected chi connectivity index (χ3v) is 3.49. The molecule has 0 spiro atoms. The number of aromatic hydroxyl groups is 2. The lowest BCUT2D eigenvalue weighted by Gasteiger charge is -2.38. The SMILES string of the molecule is O=C(O)c1cn(C2CN(Cc3ccc(O)c(O)c3)C2)nn1. The van der Waals surface area contributed by atoms with E-state index in [4.69, 9.17) is 5.11 Å². The molecule has 0 aliphatic carbocycles. The first-order valence-corrected chi connectivity index (χ1v) is 6.41. The third-order valence-electron chi connectivity index (χ3n) is 3.49. The van der Waals surface area contributed by atoms with Crippen LogP contribution in [0.2, 0.25) is 0 Å². The molecular weight excluding hydrogens is 276 g/mol. The van der Waals surface area contributed by atoms with E-state index in [2.05, 4.69) is 15.2 Å². The Bertz CT molecular complexity index is 679. The number of carbonyl (C=O) groups is 1. The Morgan fingerprint density at radius 3 is 2.67 bits per heavy atom. The minimum absolute atomic E-state index is 0.0584. The fourth-order valence-corrected chi connectivity index (χ4v) is 2.32. The third kappa shape index (κ3) is 2.65. The molecule has 3 N–H and O–H groups in total. The lowest BCUT2D eigenvalue weighted by molar-refractivity contribution is 0.0690. The molecule has 0 radical (unpaired) electrons. The van der Waals surface area contributed by atoms with Crippen LogP contribution in [0.5, 0.6) is 11.5 Å². The van der Waals surface area contributed by atoms with Gasteiger partial charge in [-0.05, 0) is 17.7 Å². The van der Waals surface area contributed by atoms with E-state index in [1.54, 1.807) is 10.7 Å². The van der Waals surface area contributed by atoms with Gasteiger partial charge in [-0.15, -0.1) is 5.10 Å². The van der Waals surface area contributed by atoms with Crippen molar-refractivity contribution in [2.45, 2.75) is 12.6 Å². The molecule has 2 aromatic rings. The average molecular weight is 290 g/mol. The van der Waals surface area contributed by atoms with Gasteiger partial charge in [-0.25, -0.2) is 9.48 Å². The maximum Gasteiger partial charge on any atom is 0.358 e. The molecule has 3 rings (SSSR count). The minimum atomic E-state index is -1.09. The van der Waals surface area contributed by atoms with Gasteiger partial charge in [0.05, 0.1) is 12.2 Å². The molecule has 8 heteroatoms. The van der Waals surface area contributed by atoms with Crippen LogP contribution in [0.4, 0.5) is 0 Å². The molecular formula is C13H14N4O4. The Morgan fingerprint density at radius 2 is 2.05 bits per heavy atom. The summed E-state index contributed by atoms with van der Waals surface area (Å²) in [5.41, 5.74) is 0.838. The van der Waals surface area contributed by atoms with Gasteiger partial charge in [-0.2, -0.15) is 0 Å². The summed E-state index contributed by atoms with van der Waals surface area (Å²) in [7, 11) is 0. The van der Waals surface area contributed by atoms with Crippen LogP contribution >= 0.6 is 0 Å². The minimum Gasteiger partial charge on any atom is -0.504 e. The van der Waals surface area contributed by atoms with Gasteiger partial charge < -0.3 is 15.3 Å². The van der Waals surface area contributed by atoms with E-state index in [0.717, 1.165) is 18.7 Å². The summed E-state index contributed by atoms with van der Waals surface area (Å²) < 4.78 is 1.56. The molecule has 0 saturated carbocycles. The van der Waals surface area contributed by atoms with E-state index in [0.29, 0.717) is 6.54 Å². The lowest BCUT2D eigenvalue weighted by atomic mass is 10.1. The van der Waals surface area contributed by atoms with Crippen molar-refractivity contribution in [3.05, 3.63) is 35.7 Å². The van der Waals surface area contributed by atoms with Gasteiger partial charge in [0, 0.05) is 19.6 Å². The van der Waals surface area contributed by atoms with E-state index in [9.17, 15) is 15.0 Å². The molecule has 110 valence electrons. The van der Waals surface area contributed by atoms with E-state index in [-0.39, 0.29) is 23.2 Å². The number of hydrogen-bond donors (Lipinski definition) is 3. The number of benzene rings is 1. The van der Waals surface area contributed by atoms with Crippen molar-refractivity contribution in [2.24, 2.45) is 0 Å². The summed E-state index contributed by atoms with van der Waals surface area (Å²) >= 11 is 0. The van der Waals surface area contributed by atoms with Gasteiger partial charge in [0.1, 0.15) is 0 Å². The first kappa shape index (κ1) is 13.4. The number of carboxylic acids is 1. The highest BCUT2D eigenvalue weighted by molar-refractivity contribution is 5.84. The number of phenols is 2. The fraction of sp³-hybridized carbons (Fsp3) is 0.308. The number of carboxylic acid groups (broad SMARTS) is 1. The number of aromatic carboxylic acids is 1. The van der Waals surface area contributed by atoms with Crippen LogP contribution in [0.25, 0.3) is 0 Å². The molecule has 0 bridgehead atoms. The molecule has 1 aromatic heterocycles. The highest BCUT2D eigenvalue weighted by Crippen LogP contribution is 2.28. The second-order valence-corrected chi connectivity index (χ2v) is 5.06. The van der Waals surface area contributed by atoms with E-state index in [1.807, 2.05) is 0 Å². The summed E-state index contributed by atoms with van der Waals surface area (Å²) in [4.78, 5) is 12.9. The molecule has 8 nitrogen and oxygen atoms in total. The van der Waals surface area contributed by atoms with Crippen molar-refractivity contribution in [3.8, 4) is 11.5 Å². The van der Waals surface area contributed by atoms with Gasteiger partial charge in [0.25, 0.3) is 0 Å². The van der Waals surface area contributed by atoms with Crippen LogP contribution < -0.4 is 0 Å². The molecule has 1 saturated heterocycles. The molecule has 0 unspecified atom stereocenters. The summed E-state index contributed by atoms with van der Waals surface area (Å²) in [6.07, 6.45) is 1.43. The van der Waals surface area contributed by atoms with Crippen molar-refractivity contribution in [3.63, 3.8) is 0 Å². The number of nitrogens with zero attached hydrogens (tertiary/aromatic N) is 4. The topological polar surface area (TPSA) is 112 Å². The van der Waals surface area contributed by atoms with Crippen molar-refractivity contribution >= 4 is 5.97 Å². The molecule has 1 fully saturated rings. The van der Waals surface area contributed by atoms with E-state index >= 15 is 0 Å². The second-order valence-electron chi connectivity index (χ2n) is 5.06. The van der Waals surface area contributed by atoms with Gasteiger partial charge in [0.2, 0.25) is 0 Å². The predicted octanol–water partition coefficient (Wildman–Crippen LogP) is 0.444. The van der Waals surface area contributed by atoms with Crippen molar-refractivity contribution in [2.75, 3.05) is 13.1 Å². The fourth-order valence-electron chi connectivity index (χ4n) is 2.32. The number of rotatable bonds is 4. The molecule has 2 heterocycles. The standard InChI is InChI=1S/C13H14N4O4/c18-11-2-1-8(3-12(11)19)4-16-5-9(6-16)17-7-10(13(20)21)14-15-17/h1-3,7,9,18-19H,4-6H2,(H,20,21).